The van der Waals surface area contributed by atoms with E-state index in [4.69, 9.17) is 9.47 Å². The van der Waals surface area contributed by atoms with E-state index in [1.165, 1.54) is 31.6 Å². The van der Waals surface area contributed by atoms with Crippen LogP contribution in [0.15, 0.2) is 36.7 Å². The van der Waals surface area contributed by atoms with Crippen molar-refractivity contribution in [3.05, 3.63) is 42.5 Å². The van der Waals surface area contributed by atoms with Crippen molar-refractivity contribution in [2.24, 2.45) is 0 Å². The summed E-state index contributed by atoms with van der Waals surface area (Å²) in [6.07, 6.45) is 1.31. The van der Waals surface area contributed by atoms with Crippen molar-refractivity contribution in [3.63, 3.8) is 0 Å². The molecule has 0 unspecified atom stereocenters. The second kappa shape index (κ2) is 4.57. The van der Waals surface area contributed by atoms with Crippen LogP contribution < -0.4 is 9.47 Å². The topological polar surface area (TPSA) is 44.2 Å². The van der Waals surface area contributed by atoms with Crippen LogP contribution in [0, 0.1) is 5.82 Å². The van der Waals surface area contributed by atoms with Crippen molar-refractivity contribution >= 4 is 0 Å². The van der Waals surface area contributed by atoms with Crippen LogP contribution in [-0.2, 0) is 0 Å². The average molecular weight is 220 g/mol. The number of halogens is 1. The molecule has 2 aromatic rings. The molecule has 0 atom stereocenters. The van der Waals surface area contributed by atoms with Gasteiger partial charge in [-0.2, -0.15) is 0 Å². The van der Waals surface area contributed by atoms with E-state index in [0.717, 1.165) is 0 Å². The number of hydrogen-bond acceptors (Lipinski definition) is 4. The van der Waals surface area contributed by atoms with Crippen molar-refractivity contribution < 1.29 is 13.9 Å². The average Bonchev–Trinajstić information content (AvgIpc) is 2.29. The van der Waals surface area contributed by atoms with Crippen molar-refractivity contribution in [2.75, 3.05) is 7.11 Å². The van der Waals surface area contributed by atoms with Gasteiger partial charge in [0.25, 0.3) is 0 Å². The molecule has 5 heteroatoms. The fourth-order valence-electron chi connectivity index (χ4n) is 1.14. The van der Waals surface area contributed by atoms with Gasteiger partial charge in [-0.25, -0.2) is 14.4 Å². The van der Waals surface area contributed by atoms with E-state index >= 15 is 0 Å². The van der Waals surface area contributed by atoms with Crippen molar-refractivity contribution in [3.8, 4) is 17.5 Å². The van der Waals surface area contributed by atoms with Crippen molar-refractivity contribution in [1.29, 1.82) is 0 Å². The van der Waals surface area contributed by atoms with Gasteiger partial charge in [0.15, 0.2) is 0 Å². The van der Waals surface area contributed by atoms with E-state index in [9.17, 15) is 4.39 Å². The molecule has 1 heterocycles. The van der Waals surface area contributed by atoms with Crippen LogP contribution in [0.5, 0.6) is 17.5 Å². The molecule has 0 fully saturated rings. The lowest BCUT2D eigenvalue weighted by Gasteiger charge is -2.05. The second-order valence-corrected chi connectivity index (χ2v) is 2.96. The van der Waals surface area contributed by atoms with Gasteiger partial charge < -0.3 is 9.47 Å². The summed E-state index contributed by atoms with van der Waals surface area (Å²) in [5.74, 6) is 0.707. The fourth-order valence-corrected chi connectivity index (χ4v) is 1.14. The highest BCUT2D eigenvalue weighted by Gasteiger charge is 2.02. The summed E-state index contributed by atoms with van der Waals surface area (Å²) in [6, 6.07) is 7.33. The first-order valence-electron chi connectivity index (χ1n) is 4.57. The molecule has 0 aliphatic carbocycles. The normalized spacial score (nSPS) is 9.88. The Morgan fingerprint density at radius 2 is 1.94 bits per heavy atom. The maximum Gasteiger partial charge on any atom is 0.226 e. The third kappa shape index (κ3) is 2.44. The van der Waals surface area contributed by atoms with Gasteiger partial charge in [0, 0.05) is 6.07 Å². The van der Waals surface area contributed by atoms with Crippen LogP contribution in [0.3, 0.4) is 0 Å². The molecule has 0 saturated carbocycles. The predicted octanol–water partition coefficient (Wildman–Crippen LogP) is 2.42. The van der Waals surface area contributed by atoms with Gasteiger partial charge in [-0.05, 0) is 12.1 Å². The molecule has 82 valence electrons. The SMILES string of the molecule is COc1cc(Oc2cccc(F)c2)ncn1. The van der Waals surface area contributed by atoms with Gasteiger partial charge in [-0.3, -0.25) is 0 Å². The smallest absolute Gasteiger partial charge is 0.226 e. The van der Waals surface area contributed by atoms with Gasteiger partial charge in [0.05, 0.1) is 13.2 Å². The molecule has 0 aliphatic heterocycles. The zero-order chi connectivity index (χ0) is 11.4. The van der Waals surface area contributed by atoms with E-state index in [-0.39, 0.29) is 5.82 Å². The van der Waals surface area contributed by atoms with Crippen LogP contribution in [0.2, 0.25) is 0 Å². The van der Waals surface area contributed by atoms with Crippen LogP contribution >= 0.6 is 0 Å². The lowest BCUT2D eigenvalue weighted by Crippen LogP contribution is -1.92. The summed E-state index contributed by atoms with van der Waals surface area (Å²) in [7, 11) is 1.49. The molecule has 0 saturated heterocycles. The monoisotopic (exact) mass is 220 g/mol. The van der Waals surface area contributed by atoms with Crippen molar-refractivity contribution in [2.45, 2.75) is 0 Å². The van der Waals surface area contributed by atoms with Crippen molar-refractivity contribution in [1.82, 2.24) is 9.97 Å². The maximum absolute atomic E-state index is 12.9. The molecule has 0 radical (unpaired) electrons. The number of aromatic nitrogens is 2. The highest BCUT2D eigenvalue weighted by molar-refractivity contribution is 5.28. The van der Waals surface area contributed by atoms with Crippen LogP contribution in [0.4, 0.5) is 4.39 Å². The highest BCUT2D eigenvalue weighted by Crippen LogP contribution is 2.21. The Kier molecular flexibility index (Phi) is 2.95. The largest absolute Gasteiger partial charge is 0.481 e. The molecular formula is C11H9FN2O2. The van der Waals surface area contributed by atoms with E-state index < -0.39 is 0 Å². The maximum atomic E-state index is 12.9. The Balaban J connectivity index is 2.20. The molecule has 1 aromatic heterocycles. The zero-order valence-electron chi connectivity index (χ0n) is 8.55. The molecule has 0 aliphatic rings. The molecule has 0 spiro atoms. The summed E-state index contributed by atoms with van der Waals surface area (Å²) in [5, 5.41) is 0. The van der Waals surface area contributed by atoms with Gasteiger partial charge in [0.2, 0.25) is 11.8 Å². The second-order valence-electron chi connectivity index (χ2n) is 2.96. The summed E-state index contributed by atoms with van der Waals surface area (Å²) >= 11 is 0. The molecule has 1 aromatic carbocycles. The minimum Gasteiger partial charge on any atom is -0.481 e. The van der Waals surface area contributed by atoms with Gasteiger partial charge in [-0.15, -0.1) is 0 Å². The fraction of sp³-hybridized carbons (Fsp3) is 0.0909. The highest BCUT2D eigenvalue weighted by atomic mass is 19.1. The summed E-state index contributed by atoms with van der Waals surface area (Å²) < 4.78 is 23.1. The molecule has 0 bridgehead atoms. The molecule has 16 heavy (non-hydrogen) atoms. The molecular weight excluding hydrogens is 211 g/mol. The first kappa shape index (κ1) is 10.4. The quantitative estimate of drug-likeness (QED) is 0.796. The number of hydrogen-bond donors (Lipinski definition) is 0. The van der Waals surface area contributed by atoms with E-state index in [0.29, 0.717) is 17.5 Å². The molecule has 4 nitrogen and oxygen atoms in total. The zero-order valence-corrected chi connectivity index (χ0v) is 8.55. The van der Waals surface area contributed by atoms with E-state index in [1.807, 2.05) is 0 Å². The molecule has 0 amide bonds. The lowest BCUT2D eigenvalue weighted by molar-refractivity contribution is 0.387. The number of ether oxygens (including phenoxy) is 2. The first-order valence-corrected chi connectivity index (χ1v) is 4.57. The predicted molar refractivity (Wildman–Crippen MR) is 55.1 cm³/mol. The molecule has 2 rings (SSSR count). The number of nitrogens with zero attached hydrogens (tertiary/aromatic N) is 2. The lowest BCUT2D eigenvalue weighted by atomic mass is 10.3. The Bertz CT molecular complexity index is 491. The Hall–Kier alpha value is -2.17. The Morgan fingerprint density at radius 3 is 2.69 bits per heavy atom. The Labute approximate surface area is 91.7 Å². The number of rotatable bonds is 3. The summed E-state index contributed by atoms with van der Waals surface area (Å²) in [6.45, 7) is 0. The third-order valence-corrected chi connectivity index (χ3v) is 1.84. The summed E-state index contributed by atoms with van der Waals surface area (Å²) in [4.78, 5) is 7.71. The van der Waals surface area contributed by atoms with Gasteiger partial charge >= 0.3 is 0 Å². The van der Waals surface area contributed by atoms with Crippen LogP contribution in [0.1, 0.15) is 0 Å². The standard InChI is InChI=1S/C11H9FN2O2/c1-15-10-6-11(14-7-13-10)16-9-4-2-3-8(12)5-9/h2-7H,1H3. The Morgan fingerprint density at radius 1 is 1.12 bits per heavy atom. The van der Waals surface area contributed by atoms with E-state index in [2.05, 4.69) is 9.97 Å². The van der Waals surface area contributed by atoms with Gasteiger partial charge in [0.1, 0.15) is 17.9 Å². The first-order chi connectivity index (χ1) is 7.78. The summed E-state index contributed by atoms with van der Waals surface area (Å²) in [5.41, 5.74) is 0. The van der Waals surface area contributed by atoms with Crippen LogP contribution in [-0.4, -0.2) is 17.1 Å². The van der Waals surface area contributed by atoms with E-state index in [1.54, 1.807) is 12.1 Å². The number of benzene rings is 1. The molecule has 0 N–H and O–H groups in total. The number of methoxy groups -OCH3 is 1. The van der Waals surface area contributed by atoms with Crippen LogP contribution in [0.25, 0.3) is 0 Å². The minimum atomic E-state index is -0.362. The minimum absolute atomic E-state index is 0.303. The van der Waals surface area contributed by atoms with Gasteiger partial charge in [-0.1, -0.05) is 6.07 Å². The third-order valence-electron chi connectivity index (χ3n) is 1.84.